The highest BCUT2D eigenvalue weighted by Crippen LogP contribution is 2.29. The summed E-state index contributed by atoms with van der Waals surface area (Å²) in [7, 11) is 0. The number of rotatable bonds is 3. The van der Waals surface area contributed by atoms with E-state index in [0.717, 1.165) is 24.3 Å². The normalized spacial score (nSPS) is 23.8. The van der Waals surface area contributed by atoms with Crippen LogP contribution in [0.2, 0.25) is 0 Å². The van der Waals surface area contributed by atoms with Crippen molar-refractivity contribution in [3.63, 3.8) is 0 Å². The molecule has 1 saturated heterocycles. The number of benzene rings is 1. The summed E-state index contributed by atoms with van der Waals surface area (Å²) in [5, 5.41) is 8.76. The first-order valence-electron chi connectivity index (χ1n) is 6.81. The Bertz CT molecular complexity index is 471. The standard InChI is InChI=1S/C16H21NO2/c1-12-9-13(2)11-17(10-12)15-6-4-3-5-14(15)7-8-16(18)19/h3-8,12-13H,9-11H2,1-2H3,(H,18,19). The van der Waals surface area contributed by atoms with Gasteiger partial charge in [-0.15, -0.1) is 0 Å². The monoisotopic (exact) mass is 259 g/mol. The number of carboxylic acid groups (broad SMARTS) is 1. The lowest BCUT2D eigenvalue weighted by Gasteiger charge is -2.37. The van der Waals surface area contributed by atoms with Gasteiger partial charge in [0.25, 0.3) is 0 Å². The molecule has 0 bridgehead atoms. The molecule has 1 fully saturated rings. The SMILES string of the molecule is CC1CC(C)CN(c2ccccc2C=CC(=O)O)C1. The fourth-order valence-electron chi connectivity index (χ4n) is 2.94. The molecule has 2 atom stereocenters. The van der Waals surface area contributed by atoms with Crippen LogP contribution in [0.4, 0.5) is 5.69 Å². The van der Waals surface area contributed by atoms with Gasteiger partial charge in [0.1, 0.15) is 0 Å². The van der Waals surface area contributed by atoms with E-state index in [-0.39, 0.29) is 0 Å². The van der Waals surface area contributed by atoms with E-state index in [1.807, 2.05) is 18.2 Å². The zero-order valence-electron chi connectivity index (χ0n) is 11.5. The van der Waals surface area contributed by atoms with E-state index in [2.05, 4.69) is 24.8 Å². The van der Waals surface area contributed by atoms with E-state index >= 15 is 0 Å². The lowest BCUT2D eigenvalue weighted by molar-refractivity contribution is -0.131. The molecule has 1 aromatic carbocycles. The van der Waals surface area contributed by atoms with Gasteiger partial charge in [-0.3, -0.25) is 0 Å². The number of piperidine rings is 1. The smallest absolute Gasteiger partial charge is 0.328 e. The third-order valence-electron chi connectivity index (χ3n) is 3.55. The van der Waals surface area contributed by atoms with Crippen LogP contribution in [0.15, 0.2) is 30.3 Å². The van der Waals surface area contributed by atoms with Crippen LogP contribution in [-0.4, -0.2) is 24.2 Å². The van der Waals surface area contributed by atoms with Gasteiger partial charge in [-0.2, -0.15) is 0 Å². The Labute approximate surface area is 114 Å². The zero-order chi connectivity index (χ0) is 13.8. The number of nitrogens with zero attached hydrogens (tertiary/aromatic N) is 1. The molecule has 0 spiro atoms. The molecule has 2 rings (SSSR count). The molecule has 1 aliphatic heterocycles. The molecule has 0 aromatic heterocycles. The van der Waals surface area contributed by atoms with Gasteiger partial charge in [0, 0.05) is 24.9 Å². The minimum Gasteiger partial charge on any atom is -0.478 e. The molecule has 19 heavy (non-hydrogen) atoms. The number of carboxylic acids is 1. The summed E-state index contributed by atoms with van der Waals surface area (Å²) >= 11 is 0. The van der Waals surface area contributed by atoms with Gasteiger partial charge >= 0.3 is 5.97 Å². The molecule has 1 heterocycles. The van der Waals surface area contributed by atoms with Crippen LogP contribution >= 0.6 is 0 Å². The lowest BCUT2D eigenvalue weighted by atomic mass is 9.91. The average Bonchev–Trinajstić information content (AvgIpc) is 2.35. The Balaban J connectivity index is 2.26. The average molecular weight is 259 g/mol. The number of carbonyl (C=O) groups is 1. The molecular formula is C16H21NO2. The highest BCUT2D eigenvalue weighted by atomic mass is 16.4. The Morgan fingerprint density at radius 2 is 1.89 bits per heavy atom. The highest BCUT2D eigenvalue weighted by Gasteiger charge is 2.22. The Kier molecular flexibility index (Phi) is 4.25. The van der Waals surface area contributed by atoms with Gasteiger partial charge in [0.2, 0.25) is 0 Å². The fraction of sp³-hybridized carbons (Fsp3) is 0.438. The van der Waals surface area contributed by atoms with Crippen molar-refractivity contribution in [3.05, 3.63) is 35.9 Å². The van der Waals surface area contributed by atoms with E-state index in [1.165, 1.54) is 12.5 Å². The second-order valence-electron chi connectivity index (χ2n) is 5.58. The van der Waals surface area contributed by atoms with Crippen molar-refractivity contribution in [2.45, 2.75) is 20.3 Å². The summed E-state index contributed by atoms with van der Waals surface area (Å²) in [5.74, 6) is 0.454. The van der Waals surface area contributed by atoms with E-state index in [1.54, 1.807) is 6.08 Å². The van der Waals surface area contributed by atoms with Crippen molar-refractivity contribution >= 4 is 17.7 Å². The fourth-order valence-corrected chi connectivity index (χ4v) is 2.94. The molecule has 1 aliphatic rings. The summed E-state index contributed by atoms with van der Waals surface area (Å²) in [6.45, 7) is 6.64. The predicted molar refractivity (Wildman–Crippen MR) is 78.3 cm³/mol. The van der Waals surface area contributed by atoms with Gasteiger partial charge in [-0.05, 0) is 36.0 Å². The maximum Gasteiger partial charge on any atom is 0.328 e. The second-order valence-corrected chi connectivity index (χ2v) is 5.58. The number of para-hydroxylation sites is 1. The molecule has 102 valence electrons. The molecule has 3 heteroatoms. The highest BCUT2D eigenvalue weighted by molar-refractivity contribution is 5.87. The summed E-state index contributed by atoms with van der Waals surface area (Å²) in [4.78, 5) is 13.0. The number of aliphatic carboxylic acids is 1. The molecule has 1 aromatic rings. The largest absolute Gasteiger partial charge is 0.478 e. The Morgan fingerprint density at radius 3 is 2.53 bits per heavy atom. The zero-order valence-corrected chi connectivity index (χ0v) is 11.5. The molecule has 0 amide bonds. The molecule has 1 N–H and O–H groups in total. The van der Waals surface area contributed by atoms with Crippen molar-refractivity contribution in [3.8, 4) is 0 Å². The van der Waals surface area contributed by atoms with E-state index in [0.29, 0.717) is 11.8 Å². The van der Waals surface area contributed by atoms with Crippen LogP contribution in [0.1, 0.15) is 25.8 Å². The molecule has 0 radical (unpaired) electrons. The lowest BCUT2D eigenvalue weighted by Crippen LogP contribution is -2.39. The third kappa shape index (κ3) is 3.60. The van der Waals surface area contributed by atoms with Crippen LogP contribution < -0.4 is 4.90 Å². The Morgan fingerprint density at radius 1 is 1.26 bits per heavy atom. The first kappa shape index (κ1) is 13.7. The number of hydrogen-bond donors (Lipinski definition) is 1. The summed E-state index contributed by atoms with van der Waals surface area (Å²) < 4.78 is 0. The quantitative estimate of drug-likeness (QED) is 0.847. The van der Waals surface area contributed by atoms with Crippen LogP contribution in [0.25, 0.3) is 6.08 Å². The van der Waals surface area contributed by atoms with Crippen molar-refractivity contribution < 1.29 is 9.90 Å². The first-order chi connectivity index (χ1) is 9.06. The van der Waals surface area contributed by atoms with Gasteiger partial charge in [0.05, 0.1) is 0 Å². The summed E-state index contributed by atoms with van der Waals surface area (Å²) in [6, 6.07) is 8.00. The maximum atomic E-state index is 10.7. The van der Waals surface area contributed by atoms with E-state index < -0.39 is 5.97 Å². The predicted octanol–water partition coefficient (Wildman–Crippen LogP) is 3.27. The van der Waals surface area contributed by atoms with Crippen LogP contribution in [0, 0.1) is 11.8 Å². The molecular weight excluding hydrogens is 238 g/mol. The number of hydrogen-bond acceptors (Lipinski definition) is 2. The first-order valence-corrected chi connectivity index (χ1v) is 6.81. The van der Waals surface area contributed by atoms with Gasteiger partial charge in [-0.25, -0.2) is 4.79 Å². The van der Waals surface area contributed by atoms with Crippen LogP contribution in [0.3, 0.4) is 0 Å². The minimum absolute atomic E-state index is 0.681. The minimum atomic E-state index is -0.907. The molecule has 3 nitrogen and oxygen atoms in total. The van der Waals surface area contributed by atoms with Crippen molar-refractivity contribution in [1.29, 1.82) is 0 Å². The van der Waals surface area contributed by atoms with Gasteiger partial charge in [0.15, 0.2) is 0 Å². The second kappa shape index (κ2) is 5.91. The van der Waals surface area contributed by atoms with Gasteiger partial charge in [-0.1, -0.05) is 32.0 Å². The van der Waals surface area contributed by atoms with Crippen LogP contribution in [0.5, 0.6) is 0 Å². The number of anilines is 1. The van der Waals surface area contributed by atoms with Crippen molar-refractivity contribution in [2.24, 2.45) is 11.8 Å². The van der Waals surface area contributed by atoms with Crippen molar-refractivity contribution in [1.82, 2.24) is 0 Å². The third-order valence-corrected chi connectivity index (χ3v) is 3.55. The van der Waals surface area contributed by atoms with E-state index in [9.17, 15) is 4.79 Å². The maximum absolute atomic E-state index is 10.7. The van der Waals surface area contributed by atoms with Crippen LogP contribution in [-0.2, 0) is 4.79 Å². The molecule has 2 unspecified atom stereocenters. The Hall–Kier alpha value is -1.77. The summed E-state index contributed by atoms with van der Waals surface area (Å²) in [6.07, 6.45) is 4.15. The van der Waals surface area contributed by atoms with Crippen molar-refractivity contribution in [2.75, 3.05) is 18.0 Å². The summed E-state index contributed by atoms with van der Waals surface area (Å²) in [5.41, 5.74) is 2.12. The topological polar surface area (TPSA) is 40.5 Å². The van der Waals surface area contributed by atoms with E-state index in [4.69, 9.17) is 5.11 Å². The molecule has 0 saturated carbocycles. The van der Waals surface area contributed by atoms with Gasteiger partial charge < -0.3 is 10.0 Å². The molecule has 0 aliphatic carbocycles.